The van der Waals surface area contributed by atoms with Crippen molar-refractivity contribution in [3.63, 3.8) is 0 Å². The summed E-state index contributed by atoms with van der Waals surface area (Å²) in [7, 11) is 0. The molecule has 0 aliphatic rings. The minimum Gasteiger partial charge on any atom is -0.396 e. The Labute approximate surface area is 65.9 Å². The molecule has 1 aromatic heterocycles. The van der Waals surface area contributed by atoms with Crippen LogP contribution in [0.2, 0.25) is 0 Å². The monoisotopic (exact) mass is 152 g/mol. The first-order valence-corrected chi connectivity index (χ1v) is 3.61. The molecule has 11 heavy (non-hydrogen) atoms. The van der Waals surface area contributed by atoms with E-state index in [1.807, 2.05) is 12.1 Å². The first-order chi connectivity index (χ1) is 5.34. The van der Waals surface area contributed by atoms with E-state index in [4.69, 9.17) is 10.8 Å². The van der Waals surface area contributed by atoms with Gasteiger partial charge in [0.2, 0.25) is 0 Å². The van der Waals surface area contributed by atoms with Gasteiger partial charge in [-0.1, -0.05) is 0 Å². The van der Waals surface area contributed by atoms with Crippen molar-refractivity contribution in [2.24, 2.45) is 5.73 Å². The van der Waals surface area contributed by atoms with Crippen LogP contribution in [0.5, 0.6) is 0 Å². The Morgan fingerprint density at radius 2 is 2.09 bits per heavy atom. The molecule has 0 spiro atoms. The first kappa shape index (κ1) is 8.17. The van der Waals surface area contributed by atoms with E-state index in [-0.39, 0.29) is 12.6 Å². The molecule has 0 saturated heterocycles. The Morgan fingerprint density at radius 1 is 1.45 bits per heavy atom. The largest absolute Gasteiger partial charge is 0.396 e. The molecule has 1 atom stereocenters. The van der Waals surface area contributed by atoms with Gasteiger partial charge in [0.05, 0.1) is 0 Å². The van der Waals surface area contributed by atoms with Crippen LogP contribution >= 0.6 is 0 Å². The van der Waals surface area contributed by atoms with Crippen molar-refractivity contribution in [1.82, 2.24) is 4.98 Å². The lowest BCUT2D eigenvalue weighted by Crippen LogP contribution is -2.11. The van der Waals surface area contributed by atoms with Gasteiger partial charge in [-0.25, -0.2) is 0 Å². The van der Waals surface area contributed by atoms with Crippen molar-refractivity contribution in [3.8, 4) is 0 Å². The minimum atomic E-state index is -0.0667. The van der Waals surface area contributed by atoms with Gasteiger partial charge in [-0.05, 0) is 24.1 Å². The van der Waals surface area contributed by atoms with Crippen LogP contribution in [-0.4, -0.2) is 16.7 Å². The summed E-state index contributed by atoms with van der Waals surface area (Å²) >= 11 is 0. The highest BCUT2D eigenvalue weighted by molar-refractivity contribution is 5.13. The molecule has 3 nitrogen and oxygen atoms in total. The molecular weight excluding hydrogens is 140 g/mol. The van der Waals surface area contributed by atoms with E-state index in [0.717, 1.165) is 5.56 Å². The Morgan fingerprint density at radius 3 is 2.64 bits per heavy atom. The Balaban J connectivity index is 2.61. The summed E-state index contributed by atoms with van der Waals surface area (Å²) in [5, 5.41) is 8.60. The van der Waals surface area contributed by atoms with Gasteiger partial charge in [0.15, 0.2) is 0 Å². The van der Waals surface area contributed by atoms with E-state index < -0.39 is 0 Å². The molecular formula is C8H12N2O. The maximum Gasteiger partial charge on any atom is 0.0449 e. The quantitative estimate of drug-likeness (QED) is 0.661. The van der Waals surface area contributed by atoms with Gasteiger partial charge < -0.3 is 10.8 Å². The van der Waals surface area contributed by atoms with Gasteiger partial charge in [-0.15, -0.1) is 0 Å². The number of aromatic nitrogens is 1. The predicted octanol–water partition coefficient (Wildman–Crippen LogP) is 0.464. The average Bonchev–Trinajstić information content (AvgIpc) is 2.07. The Hall–Kier alpha value is -0.930. The van der Waals surface area contributed by atoms with Crippen molar-refractivity contribution in [3.05, 3.63) is 30.1 Å². The maximum atomic E-state index is 8.60. The van der Waals surface area contributed by atoms with Gasteiger partial charge in [0.1, 0.15) is 0 Å². The smallest absolute Gasteiger partial charge is 0.0449 e. The van der Waals surface area contributed by atoms with E-state index >= 15 is 0 Å². The lowest BCUT2D eigenvalue weighted by atomic mass is 10.1. The fourth-order valence-electron chi connectivity index (χ4n) is 0.916. The van der Waals surface area contributed by atoms with E-state index in [9.17, 15) is 0 Å². The van der Waals surface area contributed by atoms with Crippen LogP contribution < -0.4 is 5.73 Å². The number of aliphatic hydroxyl groups is 1. The van der Waals surface area contributed by atoms with E-state index in [1.165, 1.54) is 0 Å². The Bertz CT molecular complexity index is 201. The van der Waals surface area contributed by atoms with Crippen LogP contribution in [0.4, 0.5) is 0 Å². The third kappa shape index (κ3) is 2.29. The highest BCUT2D eigenvalue weighted by atomic mass is 16.3. The highest BCUT2D eigenvalue weighted by Gasteiger charge is 2.02. The number of aliphatic hydroxyl groups excluding tert-OH is 1. The molecule has 3 heteroatoms. The molecule has 3 N–H and O–H groups in total. The van der Waals surface area contributed by atoms with E-state index in [0.29, 0.717) is 6.42 Å². The first-order valence-electron chi connectivity index (χ1n) is 3.61. The predicted molar refractivity (Wildman–Crippen MR) is 42.9 cm³/mol. The van der Waals surface area contributed by atoms with Gasteiger partial charge in [0.25, 0.3) is 0 Å². The number of nitrogens with zero attached hydrogens (tertiary/aromatic N) is 1. The van der Waals surface area contributed by atoms with Crippen LogP contribution in [0.25, 0.3) is 0 Å². The summed E-state index contributed by atoms with van der Waals surface area (Å²) in [5.74, 6) is 0. The summed E-state index contributed by atoms with van der Waals surface area (Å²) < 4.78 is 0. The minimum absolute atomic E-state index is 0.0667. The summed E-state index contributed by atoms with van der Waals surface area (Å²) in [6.07, 6.45) is 4.00. The second kappa shape index (κ2) is 4.05. The van der Waals surface area contributed by atoms with Crippen LogP contribution in [0, 0.1) is 0 Å². The van der Waals surface area contributed by atoms with Crippen molar-refractivity contribution in [2.45, 2.75) is 12.5 Å². The number of hydrogen-bond acceptors (Lipinski definition) is 3. The molecule has 1 heterocycles. The summed E-state index contributed by atoms with van der Waals surface area (Å²) in [6, 6.07) is 3.66. The van der Waals surface area contributed by atoms with Crippen LogP contribution in [0.1, 0.15) is 18.0 Å². The zero-order chi connectivity index (χ0) is 8.10. The van der Waals surface area contributed by atoms with Gasteiger partial charge in [0, 0.05) is 25.0 Å². The maximum absolute atomic E-state index is 8.60. The number of rotatable bonds is 3. The zero-order valence-corrected chi connectivity index (χ0v) is 6.27. The summed E-state index contributed by atoms with van der Waals surface area (Å²) in [4.78, 5) is 3.87. The molecule has 60 valence electrons. The van der Waals surface area contributed by atoms with Crippen molar-refractivity contribution < 1.29 is 5.11 Å². The average molecular weight is 152 g/mol. The number of pyridine rings is 1. The fourth-order valence-corrected chi connectivity index (χ4v) is 0.916. The van der Waals surface area contributed by atoms with E-state index in [2.05, 4.69) is 4.98 Å². The summed E-state index contributed by atoms with van der Waals surface area (Å²) in [5.41, 5.74) is 6.74. The molecule has 0 aliphatic heterocycles. The molecule has 0 saturated carbocycles. The molecule has 1 aromatic rings. The standard InChI is InChI=1S/C8H12N2O/c9-8(3-6-11)7-1-4-10-5-2-7/h1-2,4-5,8,11H,3,6,9H2/t8-/m0/s1. The second-order valence-electron chi connectivity index (χ2n) is 2.40. The molecule has 0 aliphatic carbocycles. The van der Waals surface area contributed by atoms with Crippen LogP contribution in [0.15, 0.2) is 24.5 Å². The Kier molecular flexibility index (Phi) is 3.01. The van der Waals surface area contributed by atoms with Crippen molar-refractivity contribution in [1.29, 1.82) is 0 Å². The van der Waals surface area contributed by atoms with E-state index in [1.54, 1.807) is 12.4 Å². The van der Waals surface area contributed by atoms with Crippen LogP contribution in [0.3, 0.4) is 0 Å². The molecule has 0 fully saturated rings. The van der Waals surface area contributed by atoms with Gasteiger partial charge >= 0.3 is 0 Å². The molecule has 1 rings (SSSR count). The highest BCUT2D eigenvalue weighted by Crippen LogP contribution is 2.10. The molecule has 0 radical (unpaired) electrons. The van der Waals surface area contributed by atoms with Gasteiger partial charge in [-0.2, -0.15) is 0 Å². The molecule has 0 unspecified atom stereocenters. The van der Waals surface area contributed by atoms with Crippen molar-refractivity contribution >= 4 is 0 Å². The third-order valence-corrected chi connectivity index (χ3v) is 1.57. The third-order valence-electron chi connectivity index (χ3n) is 1.57. The summed E-state index contributed by atoms with van der Waals surface area (Å²) in [6.45, 7) is 0.128. The normalized spacial score (nSPS) is 12.9. The number of hydrogen-bond donors (Lipinski definition) is 2. The topological polar surface area (TPSA) is 59.1 Å². The second-order valence-corrected chi connectivity index (χ2v) is 2.40. The SMILES string of the molecule is N[C@@H](CCO)c1ccncc1. The zero-order valence-electron chi connectivity index (χ0n) is 6.27. The van der Waals surface area contributed by atoms with Crippen LogP contribution in [-0.2, 0) is 0 Å². The van der Waals surface area contributed by atoms with Gasteiger partial charge in [-0.3, -0.25) is 4.98 Å². The molecule has 0 amide bonds. The molecule has 0 aromatic carbocycles. The lowest BCUT2D eigenvalue weighted by Gasteiger charge is -2.08. The fraction of sp³-hybridized carbons (Fsp3) is 0.375. The number of nitrogens with two attached hydrogens (primary N) is 1. The lowest BCUT2D eigenvalue weighted by molar-refractivity contribution is 0.276. The molecule has 0 bridgehead atoms. The van der Waals surface area contributed by atoms with Crippen molar-refractivity contribution in [2.75, 3.05) is 6.61 Å².